The largest absolute Gasteiger partial charge is 0.492 e. The van der Waals surface area contributed by atoms with Crippen LogP contribution >= 0.6 is 0 Å². The number of nitrogens with one attached hydrogen (secondary N) is 2. The lowest BCUT2D eigenvalue weighted by atomic mass is 10.0. The average molecular weight is 832 g/mol. The summed E-state index contributed by atoms with van der Waals surface area (Å²) in [4.78, 5) is 65.3. The molecule has 16 nitrogen and oxygen atoms in total. The van der Waals surface area contributed by atoms with Crippen LogP contribution in [0.1, 0.15) is 44.7 Å². The Bertz CT molecular complexity index is 2260. The van der Waals surface area contributed by atoms with E-state index >= 15 is 0 Å². The predicted octanol–water partition coefficient (Wildman–Crippen LogP) is 3.98. The molecular formula is C45H49N7O9. The van der Waals surface area contributed by atoms with Gasteiger partial charge in [0.05, 0.1) is 56.5 Å². The molecule has 3 aromatic carbocycles. The minimum Gasteiger partial charge on any atom is -0.492 e. The zero-order chi connectivity index (χ0) is 42.0. The van der Waals surface area contributed by atoms with Crippen molar-refractivity contribution in [1.29, 1.82) is 0 Å². The molecule has 0 saturated carbocycles. The van der Waals surface area contributed by atoms with Crippen LogP contribution in [0.5, 0.6) is 11.5 Å². The fourth-order valence-electron chi connectivity index (χ4n) is 7.69. The van der Waals surface area contributed by atoms with Crippen molar-refractivity contribution >= 4 is 35.3 Å². The number of amides is 4. The molecule has 1 aromatic heterocycles. The molecule has 4 aromatic rings. The Kier molecular flexibility index (Phi) is 13.7. The summed E-state index contributed by atoms with van der Waals surface area (Å²) in [6.07, 6.45) is 5.84. The van der Waals surface area contributed by atoms with Gasteiger partial charge >= 0.3 is 0 Å². The molecule has 4 aliphatic rings. The molecule has 61 heavy (non-hydrogen) atoms. The molecule has 4 aliphatic heterocycles. The first-order chi connectivity index (χ1) is 29.9. The maximum absolute atomic E-state index is 13.3. The molecule has 6 bridgehead atoms. The molecule has 1 atom stereocenters. The second-order valence-electron chi connectivity index (χ2n) is 15.0. The number of ether oxygens (including phenoxy) is 5. The van der Waals surface area contributed by atoms with Crippen LogP contribution in [0.25, 0.3) is 11.3 Å². The van der Waals surface area contributed by atoms with Gasteiger partial charge in [-0.1, -0.05) is 36.4 Å². The Hall–Kier alpha value is -6.04. The van der Waals surface area contributed by atoms with Crippen LogP contribution in [-0.4, -0.2) is 133 Å². The van der Waals surface area contributed by atoms with Crippen molar-refractivity contribution in [3.05, 3.63) is 107 Å². The van der Waals surface area contributed by atoms with E-state index in [0.717, 1.165) is 78.0 Å². The highest BCUT2D eigenvalue weighted by Crippen LogP contribution is 2.34. The summed E-state index contributed by atoms with van der Waals surface area (Å²) in [5.74, 6) is -0.717. The number of aromatic nitrogens is 2. The summed E-state index contributed by atoms with van der Waals surface area (Å²) in [7, 11) is 0. The van der Waals surface area contributed by atoms with Crippen molar-refractivity contribution < 1.29 is 42.9 Å². The summed E-state index contributed by atoms with van der Waals surface area (Å²) in [5, 5.41) is 5.56. The lowest BCUT2D eigenvalue weighted by molar-refractivity contribution is -0.136. The number of anilines is 2. The van der Waals surface area contributed by atoms with E-state index in [2.05, 4.69) is 31.5 Å². The van der Waals surface area contributed by atoms with Crippen LogP contribution in [0.3, 0.4) is 0 Å². The number of imide groups is 2. The van der Waals surface area contributed by atoms with E-state index in [1.54, 1.807) is 18.3 Å². The van der Waals surface area contributed by atoms with Gasteiger partial charge in [-0.25, -0.2) is 9.97 Å². The molecule has 2 saturated heterocycles. The summed E-state index contributed by atoms with van der Waals surface area (Å²) in [6, 6.07) is 19.8. The smallest absolute Gasteiger partial charge is 0.266 e. The van der Waals surface area contributed by atoms with E-state index in [1.807, 2.05) is 54.6 Å². The van der Waals surface area contributed by atoms with Crippen LogP contribution < -0.4 is 20.1 Å². The lowest BCUT2D eigenvalue weighted by Crippen LogP contribution is -2.54. The van der Waals surface area contributed by atoms with Crippen LogP contribution in [-0.2, 0) is 37.0 Å². The normalized spacial score (nSPS) is 19.3. The molecule has 16 heteroatoms. The van der Waals surface area contributed by atoms with E-state index < -0.39 is 29.7 Å². The molecule has 318 valence electrons. The molecule has 2 N–H and O–H groups in total. The van der Waals surface area contributed by atoms with Gasteiger partial charge in [0.25, 0.3) is 11.8 Å². The van der Waals surface area contributed by atoms with Gasteiger partial charge in [-0.2, -0.15) is 0 Å². The van der Waals surface area contributed by atoms with Crippen molar-refractivity contribution in [3.8, 4) is 22.8 Å². The number of piperidine rings is 1. The number of nitrogens with zero attached hydrogens (tertiary/aromatic N) is 5. The number of benzene rings is 3. The summed E-state index contributed by atoms with van der Waals surface area (Å²) >= 11 is 0. The predicted molar refractivity (Wildman–Crippen MR) is 223 cm³/mol. The number of carbonyl (C=O) groups is 4. The molecule has 0 spiro atoms. The van der Waals surface area contributed by atoms with Gasteiger partial charge in [0.2, 0.25) is 17.8 Å². The number of rotatable bonds is 12. The van der Waals surface area contributed by atoms with E-state index in [9.17, 15) is 19.2 Å². The lowest BCUT2D eigenvalue weighted by Gasteiger charge is -2.34. The molecular weight excluding hydrogens is 783 g/mol. The number of fused-ring (bicyclic) bond motifs is 8. The monoisotopic (exact) mass is 831 g/mol. The van der Waals surface area contributed by atoms with E-state index in [4.69, 9.17) is 28.7 Å². The highest BCUT2D eigenvalue weighted by atomic mass is 16.5. The van der Waals surface area contributed by atoms with Crippen molar-refractivity contribution in [2.24, 2.45) is 0 Å². The first-order valence-electron chi connectivity index (χ1n) is 20.6. The number of hydrogen-bond acceptors (Lipinski definition) is 14. The van der Waals surface area contributed by atoms with Crippen LogP contribution in [0.2, 0.25) is 0 Å². The number of carbonyl (C=O) groups excluding carboxylic acids is 4. The zero-order valence-corrected chi connectivity index (χ0v) is 33.9. The average Bonchev–Trinajstić information content (AvgIpc) is 3.52. The van der Waals surface area contributed by atoms with E-state index in [-0.39, 0.29) is 36.3 Å². The third-order valence-corrected chi connectivity index (χ3v) is 10.9. The third kappa shape index (κ3) is 10.5. The first-order valence-corrected chi connectivity index (χ1v) is 20.6. The Balaban J connectivity index is 0.762. The molecule has 5 heterocycles. The number of piperazine rings is 1. The summed E-state index contributed by atoms with van der Waals surface area (Å²) in [5.41, 5.74) is 4.94. The van der Waals surface area contributed by atoms with Gasteiger partial charge in [0.1, 0.15) is 30.8 Å². The minimum atomic E-state index is -1.03. The zero-order valence-electron chi connectivity index (χ0n) is 33.9. The Morgan fingerprint density at radius 2 is 1.51 bits per heavy atom. The topological polar surface area (TPSA) is 174 Å². The quantitative estimate of drug-likeness (QED) is 0.119. The molecule has 2 fully saturated rings. The standard InChI is InChI=1S/C45H49N7O9/c53-40-12-10-37(42(54)49-40)52-43(55)35-7-4-8-39(41(35)44(52)56)61-26-25-57-23-19-50-15-17-51(18-16-50)20-24-60-38-11-9-34-28-33(38)30-59-22-2-1-21-58-29-31-5-3-6-32(27-31)36-13-14-46-45(47-34)48-36/h1-9,11,13-14,27-28,37H,10,12,15-26,29-30H2,(H,46,47,48)(H,49,53,54)/b2-1+. The van der Waals surface area contributed by atoms with Gasteiger partial charge in [-0.05, 0) is 54.4 Å². The minimum absolute atomic E-state index is 0.0574. The maximum Gasteiger partial charge on any atom is 0.266 e. The molecule has 1 unspecified atom stereocenters. The van der Waals surface area contributed by atoms with Crippen molar-refractivity contribution in [2.45, 2.75) is 32.1 Å². The van der Waals surface area contributed by atoms with E-state index in [1.165, 1.54) is 6.07 Å². The SMILES string of the molecule is O=C1CCC(N2C(=O)c3cccc(OCCOCCN4CCN(CCOc5ccc6cc5COC/C=C/COCc5cccc(c5)-c5ccnc(n5)N6)CC4)c3C2=O)C(=O)N1. The van der Waals surface area contributed by atoms with Gasteiger partial charge in [-0.15, -0.1) is 0 Å². The van der Waals surface area contributed by atoms with Gasteiger partial charge in [0.15, 0.2) is 0 Å². The van der Waals surface area contributed by atoms with Gasteiger partial charge in [0, 0.05) is 68.7 Å². The number of hydrogen-bond donors (Lipinski definition) is 2. The Labute approximate surface area is 353 Å². The van der Waals surface area contributed by atoms with Crippen LogP contribution in [0.4, 0.5) is 11.6 Å². The highest BCUT2D eigenvalue weighted by Gasteiger charge is 2.46. The van der Waals surface area contributed by atoms with Crippen LogP contribution in [0, 0.1) is 0 Å². The molecule has 0 radical (unpaired) electrons. The third-order valence-electron chi connectivity index (χ3n) is 10.9. The summed E-state index contributed by atoms with van der Waals surface area (Å²) < 4.78 is 29.9. The van der Waals surface area contributed by atoms with E-state index in [0.29, 0.717) is 52.2 Å². The second-order valence-corrected chi connectivity index (χ2v) is 15.0. The maximum atomic E-state index is 13.3. The fourth-order valence-corrected chi connectivity index (χ4v) is 7.69. The molecule has 4 amide bonds. The molecule has 0 aliphatic carbocycles. The Morgan fingerprint density at radius 1 is 0.738 bits per heavy atom. The van der Waals surface area contributed by atoms with Crippen molar-refractivity contribution in [2.75, 3.05) is 84.2 Å². The fraction of sp³-hybridized carbons (Fsp3) is 0.378. The summed E-state index contributed by atoms with van der Waals surface area (Å²) in [6.45, 7) is 8.52. The van der Waals surface area contributed by atoms with Crippen LogP contribution in [0.15, 0.2) is 85.1 Å². The molecule has 8 rings (SSSR count). The Morgan fingerprint density at radius 3 is 2.33 bits per heavy atom. The first kappa shape index (κ1) is 41.7. The van der Waals surface area contributed by atoms with Crippen molar-refractivity contribution in [3.63, 3.8) is 0 Å². The highest BCUT2D eigenvalue weighted by molar-refractivity contribution is 6.24. The second kappa shape index (κ2) is 20.0. The van der Waals surface area contributed by atoms with Crippen molar-refractivity contribution in [1.82, 2.24) is 30.0 Å². The van der Waals surface area contributed by atoms with Gasteiger partial charge in [-0.3, -0.25) is 39.2 Å². The van der Waals surface area contributed by atoms with Gasteiger partial charge < -0.3 is 29.0 Å².